The Morgan fingerprint density at radius 1 is 1.24 bits per heavy atom. The number of carboxylic acid groups (broad SMARTS) is 1. The molecule has 0 aliphatic carbocycles. The molecule has 0 spiro atoms. The number of ether oxygens (including phenoxy) is 3. The second kappa shape index (κ2) is 8.93. The molecule has 0 saturated carbocycles. The molecule has 2 atom stereocenters. The van der Waals surface area contributed by atoms with Crippen molar-refractivity contribution in [2.45, 2.75) is 20.0 Å². The Morgan fingerprint density at radius 2 is 2.00 bits per heavy atom. The maximum atomic E-state index is 12.4. The van der Waals surface area contributed by atoms with Crippen LogP contribution in [0, 0.1) is 5.92 Å². The van der Waals surface area contributed by atoms with Crippen molar-refractivity contribution in [1.29, 1.82) is 0 Å². The van der Waals surface area contributed by atoms with Gasteiger partial charge in [-0.1, -0.05) is 6.92 Å². The molecule has 154 valence electrons. The van der Waals surface area contributed by atoms with Crippen molar-refractivity contribution in [1.82, 2.24) is 5.48 Å². The molecule has 29 heavy (non-hydrogen) atoms. The number of rotatable bonds is 7. The molecule has 1 aliphatic rings. The van der Waals surface area contributed by atoms with Gasteiger partial charge in [-0.15, -0.1) is 0 Å². The van der Waals surface area contributed by atoms with Crippen molar-refractivity contribution in [3.05, 3.63) is 47.5 Å². The summed E-state index contributed by atoms with van der Waals surface area (Å²) in [6.07, 6.45) is -0.267. The van der Waals surface area contributed by atoms with Crippen molar-refractivity contribution in [3.63, 3.8) is 0 Å². The van der Waals surface area contributed by atoms with Crippen molar-refractivity contribution >= 4 is 11.8 Å². The number of aromatic carboxylic acids is 1. The van der Waals surface area contributed by atoms with Crippen LogP contribution in [0.15, 0.2) is 36.4 Å². The van der Waals surface area contributed by atoms with Crippen LogP contribution in [-0.2, 0) is 4.74 Å². The molecule has 0 fully saturated rings. The second-order valence-electron chi connectivity index (χ2n) is 6.86. The summed E-state index contributed by atoms with van der Waals surface area (Å²) < 4.78 is 16.6. The first-order valence-corrected chi connectivity index (χ1v) is 9.17. The van der Waals surface area contributed by atoms with Gasteiger partial charge in [-0.25, -0.2) is 4.79 Å². The predicted octanol–water partition coefficient (Wildman–Crippen LogP) is 3.31. The molecule has 8 heteroatoms. The smallest absolute Gasteiger partial charge is 0.335 e. The van der Waals surface area contributed by atoms with Crippen LogP contribution in [0.2, 0.25) is 0 Å². The van der Waals surface area contributed by atoms with E-state index in [9.17, 15) is 14.7 Å². The van der Waals surface area contributed by atoms with Gasteiger partial charge >= 0.3 is 5.97 Å². The molecule has 0 amide bonds. The largest absolute Gasteiger partial charge is 0.488 e. The van der Waals surface area contributed by atoms with Crippen LogP contribution in [0.25, 0.3) is 0 Å². The summed E-state index contributed by atoms with van der Waals surface area (Å²) >= 11 is 0. The number of nitrogens with one attached hydrogen (secondary N) is 1. The van der Waals surface area contributed by atoms with Crippen LogP contribution in [0.5, 0.6) is 23.0 Å². The minimum atomic E-state index is -1.10. The predicted molar refractivity (Wildman–Crippen MR) is 104 cm³/mol. The molecule has 1 unspecified atom stereocenters. The second-order valence-corrected chi connectivity index (χ2v) is 6.86. The molecule has 3 rings (SSSR count). The maximum absolute atomic E-state index is 12.4. The van der Waals surface area contributed by atoms with E-state index >= 15 is 0 Å². The monoisotopic (exact) mass is 401 g/mol. The number of carbonyl (C=O) groups excluding carboxylic acids is 1. The number of hydrogen-bond donors (Lipinski definition) is 2. The van der Waals surface area contributed by atoms with E-state index < -0.39 is 5.97 Å². The molecule has 1 heterocycles. The fraction of sp³-hybridized carbons (Fsp3) is 0.333. The van der Waals surface area contributed by atoms with E-state index in [0.29, 0.717) is 36.0 Å². The van der Waals surface area contributed by atoms with Gasteiger partial charge in [0.15, 0.2) is 11.5 Å². The number of hydroxylamine groups is 1. The lowest BCUT2D eigenvalue weighted by molar-refractivity contribution is 0.0693. The summed E-state index contributed by atoms with van der Waals surface area (Å²) in [4.78, 5) is 29.3. The summed E-state index contributed by atoms with van der Waals surface area (Å²) in [5.41, 5.74) is 3.25. The normalized spacial score (nSPS) is 16.9. The van der Waals surface area contributed by atoms with Crippen LogP contribution in [0.3, 0.4) is 0 Å². The molecule has 0 saturated heterocycles. The molecule has 8 nitrogen and oxygen atoms in total. The first-order chi connectivity index (χ1) is 13.9. The summed E-state index contributed by atoms with van der Waals surface area (Å²) in [6, 6.07) is 9.27. The lowest BCUT2D eigenvalue weighted by atomic mass is 9.99. The number of carboxylic acids is 1. The fourth-order valence-corrected chi connectivity index (χ4v) is 2.92. The zero-order valence-electron chi connectivity index (χ0n) is 16.4. The van der Waals surface area contributed by atoms with E-state index in [1.54, 1.807) is 31.4 Å². The van der Waals surface area contributed by atoms with Gasteiger partial charge in [-0.2, -0.15) is 5.48 Å². The first-order valence-electron chi connectivity index (χ1n) is 9.17. The Morgan fingerprint density at radius 3 is 2.72 bits per heavy atom. The van der Waals surface area contributed by atoms with Crippen molar-refractivity contribution in [2.24, 2.45) is 5.92 Å². The third kappa shape index (κ3) is 5.04. The molecule has 0 aromatic heterocycles. The fourth-order valence-electron chi connectivity index (χ4n) is 2.92. The lowest BCUT2D eigenvalue weighted by Crippen LogP contribution is -2.24. The van der Waals surface area contributed by atoms with E-state index in [2.05, 4.69) is 5.48 Å². The van der Waals surface area contributed by atoms with Crippen molar-refractivity contribution in [3.8, 4) is 23.0 Å². The van der Waals surface area contributed by atoms with E-state index in [-0.39, 0.29) is 29.1 Å². The minimum absolute atomic E-state index is 0.0211. The maximum Gasteiger partial charge on any atom is 0.335 e. The van der Waals surface area contributed by atoms with E-state index in [4.69, 9.17) is 19.0 Å². The number of Topliss-reactive ketones (excluding diaryl/α,β-unsaturated/α-hetero) is 1. The van der Waals surface area contributed by atoms with Gasteiger partial charge in [-0.3, -0.25) is 4.79 Å². The molecule has 0 bridgehead atoms. The van der Waals surface area contributed by atoms with Gasteiger partial charge in [0.05, 0.1) is 17.7 Å². The minimum Gasteiger partial charge on any atom is -0.488 e. The Hall–Kier alpha value is -3.10. The Balaban J connectivity index is 1.87. The quantitative estimate of drug-likeness (QED) is 0.728. The lowest BCUT2D eigenvalue weighted by Gasteiger charge is -2.16. The average molecular weight is 401 g/mol. The standard InChI is InChI=1S/C21H23NO7/c1-12-10-22-29-19-9-15(4-5-18(19)20(12)23)28-17-7-14(21(24)25)6-16(8-17)27-13(2)11-26-3/h4-9,12-13,22H,10-11H2,1-3H3,(H,24,25)/t12?,13-/m0/s1. The third-order valence-corrected chi connectivity index (χ3v) is 4.34. The SMILES string of the molecule is COC[C@H](C)Oc1cc(Oc2ccc3c(c2)ONCC(C)C3=O)cc(C(=O)O)c1. The number of hydrogen-bond acceptors (Lipinski definition) is 7. The highest BCUT2D eigenvalue weighted by Gasteiger charge is 2.23. The van der Waals surface area contributed by atoms with E-state index in [0.717, 1.165) is 0 Å². The summed E-state index contributed by atoms with van der Waals surface area (Å²) in [5.74, 6) is 0.0553. The van der Waals surface area contributed by atoms with Crippen molar-refractivity contribution < 1.29 is 33.7 Å². The zero-order valence-corrected chi connectivity index (χ0v) is 16.4. The highest BCUT2D eigenvalue weighted by atomic mass is 16.6. The summed E-state index contributed by atoms with van der Waals surface area (Å²) in [7, 11) is 1.56. The van der Waals surface area contributed by atoms with Crippen LogP contribution in [-0.4, -0.2) is 43.2 Å². The van der Waals surface area contributed by atoms with Crippen molar-refractivity contribution in [2.75, 3.05) is 20.3 Å². The van der Waals surface area contributed by atoms with Gasteiger partial charge in [0.25, 0.3) is 0 Å². The number of ketones is 1. The number of benzene rings is 2. The van der Waals surface area contributed by atoms with Gasteiger partial charge in [0.2, 0.25) is 0 Å². The molecule has 2 N–H and O–H groups in total. The van der Waals surface area contributed by atoms with Crippen LogP contribution in [0.1, 0.15) is 34.6 Å². The zero-order chi connectivity index (χ0) is 21.0. The van der Waals surface area contributed by atoms with E-state index in [1.807, 2.05) is 13.8 Å². The molecule has 2 aromatic rings. The Bertz CT molecular complexity index is 912. The molecule has 0 radical (unpaired) electrons. The third-order valence-electron chi connectivity index (χ3n) is 4.34. The van der Waals surface area contributed by atoms with Gasteiger partial charge < -0.3 is 24.2 Å². The first kappa shape index (κ1) is 20.6. The molecule has 1 aliphatic heterocycles. The van der Waals surface area contributed by atoms with Crippen LogP contribution >= 0.6 is 0 Å². The highest BCUT2D eigenvalue weighted by molar-refractivity contribution is 6.00. The summed E-state index contributed by atoms with van der Waals surface area (Å²) in [6.45, 7) is 4.40. The highest BCUT2D eigenvalue weighted by Crippen LogP contribution is 2.33. The molecule has 2 aromatic carbocycles. The van der Waals surface area contributed by atoms with Crippen LogP contribution in [0.4, 0.5) is 0 Å². The van der Waals surface area contributed by atoms with Gasteiger partial charge in [0.1, 0.15) is 23.4 Å². The Labute approximate surface area is 168 Å². The number of carbonyl (C=O) groups is 2. The number of fused-ring (bicyclic) bond motifs is 1. The topological polar surface area (TPSA) is 103 Å². The summed E-state index contributed by atoms with van der Waals surface area (Å²) in [5, 5.41) is 9.38. The molecular formula is C21H23NO7. The van der Waals surface area contributed by atoms with Gasteiger partial charge in [0, 0.05) is 31.7 Å². The molecular weight excluding hydrogens is 378 g/mol. The van der Waals surface area contributed by atoms with Crippen LogP contribution < -0.4 is 19.8 Å². The Kier molecular flexibility index (Phi) is 6.36. The van der Waals surface area contributed by atoms with E-state index in [1.165, 1.54) is 12.1 Å². The average Bonchev–Trinajstić information content (AvgIpc) is 2.80. The number of methoxy groups -OCH3 is 1. The van der Waals surface area contributed by atoms with Gasteiger partial charge in [-0.05, 0) is 31.2 Å².